The number of amides is 2. The van der Waals surface area contributed by atoms with E-state index in [9.17, 15) is 9.59 Å². The van der Waals surface area contributed by atoms with Crippen LogP contribution < -0.4 is 5.32 Å². The number of nitrogens with zero attached hydrogens (tertiary/aromatic N) is 5. The molecule has 1 saturated carbocycles. The van der Waals surface area contributed by atoms with E-state index < -0.39 is 6.04 Å². The van der Waals surface area contributed by atoms with Crippen LogP contribution in [-0.4, -0.2) is 49.0 Å². The van der Waals surface area contributed by atoms with E-state index in [4.69, 9.17) is 0 Å². The zero-order valence-electron chi connectivity index (χ0n) is 19.1. The van der Waals surface area contributed by atoms with E-state index in [1.807, 2.05) is 55.6 Å². The molecule has 1 aliphatic carbocycles. The predicted octanol–water partition coefficient (Wildman–Crippen LogP) is 3.58. The molecule has 1 atom stereocenters. The van der Waals surface area contributed by atoms with Gasteiger partial charge in [0, 0.05) is 16.5 Å². The summed E-state index contributed by atoms with van der Waals surface area (Å²) in [5, 5.41) is 17.7. The monoisotopic (exact) mass is 466 g/mol. The summed E-state index contributed by atoms with van der Waals surface area (Å²) in [6.07, 6.45) is 4.83. The van der Waals surface area contributed by atoms with Crippen LogP contribution in [0.4, 0.5) is 0 Å². The Hall–Kier alpha value is -3.07. The molecule has 4 rings (SSSR count). The minimum atomic E-state index is -0.541. The molecule has 2 heterocycles. The van der Waals surface area contributed by atoms with Gasteiger partial charge >= 0.3 is 0 Å². The van der Waals surface area contributed by atoms with E-state index in [2.05, 4.69) is 20.7 Å². The molecular weight excluding hydrogens is 436 g/mol. The van der Waals surface area contributed by atoms with Gasteiger partial charge in [0.25, 0.3) is 0 Å². The molecule has 174 valence electrons. The van der Waals surface area contributed by atoms with Crippen LogP contribution in [0.25, 0.3) is 11.4 Å². The van der Waals surface area contributed by atoms with Gasteiger partial charge in [-0.1, -0.05) is 55.7 Å². The Morgan fingerprint density at radius 1 is 1.21 bits per heavy atom. The highest BCUT2D eigenvalue weighted by Gasteiger charge is 2.31. The summed E-state index contributed by atoms with van der Waals surface area (Å²) in [6.45, 7) is 4.27. The number of hydrogen-bond acceptors (Lipinski definition) is 6. The van der Waals surface area contributed by atoms with Crippen molar-refractivity contribution in [2.45, 2.75) is 71.1 Å². The lowest BCUT2D eigenvalue weighted by atomic mass is 10.1. The molecule has 3 aromatic rings. The lowest BCUT2D eigenvalue weighted by Gasteiger charge is -2.30. The van der Waals surface area contributed by atoms with Crippen LogP contribution in [0.15, 0.2) is 41.8 Å². The summed E-state index contributed by atoms with van der Waals surface area (Å²) in [6, 6.07) is 11.4. The summed E-state index contributed by atoms with van der Waals surface area (Å²) in [4.78, 5) is 30.5. The van der Waals surface area contributed by atoms with Crippen LogP contribution in [0.3, 0.4) is 0 Å². The summed E-state index contributed by atoms with van der Waals surface area (Å²) < 4.78 is 0. The van der Waals surface area contributed by atoms with Gasteiger partial charge in [-0.2, -0.15) is 4.80 Å². The Bertz CT molecular complexity index is 1060. The molecule has 0 spiro atoms. The average molecular weight is 467 g/mol. The SMILES string of the molecule is CCC(C(=O)NC1CCCC1)N(Cc1cccs1)C(=O)Cn1nnc(-c2ccc(C)cc2)n1. The number of carbonyl (C=O) groups excluding carboxylic acids is 2. The van der Waals surface area contributed by atoms with Crippen LogP contribution in [0, 0.1) is 6.92 Å². The van der Waals surface area contributed by atoms with E-state index >= 15 is 0 Å². The molecule has 2 aromatic heterocycles. The number of tetrazole rings is 1. The van der Waals surface area contributed by atoms with Crippen LogP contribution >= 0.6 is 11.3 Å². The Morgan fingerprint density at radius 2 is 1.97 bits per heavy atom. The fraction of sp³-hybridized carbons (Fsp3) is 0.458. The summed E-state index contributed by atoms with van der Waals surface area (Å²) in [5.74, 6) is 0.185. The maximum Gasteiger partial charge on any atom is 0.247 e. The molecule has 1 aliphatic rings. The molecule has 2 amide bonds. The Balaban J connectivity index is 1.50. The van der Waals surface area contributed by atoms with Gasteiger partial charge in [0.2, 0.25) is 17.6 Å². The normalized spacial score (nSPS) is 14.8. The second-order valence-electron chi connectivity index (χ2n) is 8.52. The lowest BCUT2D eigenvalue weighted by Crippen LogP contribution is -2.51. The molecule has 1 fully saturated rings. The van der Waals surface area contributed by atoms with Gasteiger partial charge in [-0.3, -0.25) is 9.59 Å². The first-order valence-corrected chi connectivity index (χ1v) is 12.4. The molecule has 0 aliphatic heterocycles. The number of nitrogens with one attached hydrogen (secondary N) is 1. The standard InChI is InChI=1S/C24H30N6O2S/c1-3-21(24(32)25-19-7-4-5-8-19)29(15-20-9-6-14-33-20)22(31)16-30-27-23(26-28-30)18-12-10-17(2)11-13-18/h6,9-14,19,21H,3-5,7-8,15-16H2,1-2H3,(H,25,32). The van der Waals surface area contributed by atoms with Crippen LogP contribution in [0.5, 0.6) is 0 Å². The highest BCUT2D eigenvalue weighted by molar-refractivity contribution is 7.09. The highest BCUT2D eigenvalue weighted by Crippen LogP contribution is 2.20. The van der Waals surface area contributed by atoms with Crippen molar-refractivity contribution in [3.63, 3.8) is 0 Å². The van der Waals surface area contributed by atoms with Gasteiger partial charge in [-0.05, 0) is 42.8 Å². The first-order chi connectivity index (χ1) is 16.0. The van der Waals surface area contributed by atoms with Crippen molar-refractivity contribution in [2.75, 3.05) is 0 Å². The van der Waals surface area contributed by atoms with E-state index in [1.54, 1.807) is 16.2 Å². The second-order valence-corrected chi connectivity index (χ2v) is 9.56. The molecule has 9 heteroatoms. The van der Waals surface area contributed by atoms with Gasteiger partial charge in [0.15, 0.2) is 0 Å². The molecule has 8 nitrogen and oxygen atoms in total. The van der Waals surface area contributed by atoms with Gasteiger partial charge < -0.3 is 10.2 Å². The fourth-order valence-electron chi connectivity index (χ4n) is 4.20. The maximum absolute atomic E-state index is 13.4. The van der Waals surface area contributed by atoms with Gasteiger partial charge in [0.1, 0.15) is 12.6 Å². The van der Waals surface area contributed by atoms with Crippen molar-refractivity contribution < 1.29 is 9.59 Å². The molecule has 33 heavy (non-hydrogen) atoms. The third-order valence-electron chi connectivity index (χ3n) is 6.03. The number of rotatable bonds is 9. The Kier molecular flexibility index (Phi) is 7.49. The zero-order chi connectivity index (χ0) is 23.2. The molecular formula is C24H30N6O2S. The zero-order valence-corrected chi connectivity index (χ0v) is 19.9. The summed E-state index contributed by atoms with van der Waals surface area (Å²) in [7, 11) is 0. The summed E-state index contributed by atoms with van der Waals surface area (Å²) in [5.41, 5.74) is 1.99. The first-order valence-electron chi connectivity index (χ1n) is 11.5. The van der Waals surface area contributed by atoms with Crippen molar-refractivity contribution >= 4 is 23.2 Å². The number of carbonyl (C=O) groups is 2. The largest absolute Gasteiger partial charge is 0.352 e. The van der Waals surface area contributed by atoms with Gasteiger partial charge in [-0.25, -0.2) is 0 Å². The van der Waals surface area contributed by atoms with E-state index in [-0.39, 0.29) is 24.4 Å². The topological polar surface area (TPSA) is 93.0 Å². The maximum atomic E-state index is 13.4. The third-order valence-corrected chi connectivity index (χ3v) is 6.89. The van der Waals surface area contributed by atoms with Gasteiger partial charge in [-0.15, -0.1) is 21.5 Å². The minimum absolute atomic E-state index is 0.0720. The Labute approximate surface area is 198 Å². The molecule has 0 saturated heterocycles. The summed E-state index contributed by atoms with van der Waals surface area (Å²) >= 11 is 1.57. The van der Waals surface area contributed by atoms with Gasteiger partial charge in [0.05, 0.1) is 6.54 Å². The fourth-order valence-corrected chi connectivity index (χ4v) is 4.90. The molecule has 1 N–H and O–H groups in total. The van der Waals surface area contributed by atoms with Crippen molar-refractivity contribution in [3.8, 4) is 11.4 Å². The molecule has 1 aromatic carbocycles. The van der Waals surface area contributed by atoms with Crippen molar-refractivity contribution in [2.24, 2.45) is 0 Å². The van der Waals surface area contributed by atoms with Crippen molar-refractivity contribution in [1.82, 2.24) is 30.4 Å². The lowest BCUT2D eigenvalue weighted by molar-refractivity contribution is -0.142. The average Bonchev–Trinajstić information content (AvgIpc) is 3.57. The van der Waals surface area contributed by atoms with E-state index in [0.29, 0.717) is 18.8 Å². The number of aromatic nitrogens is 4. The molecule has 0 radical (unpaired) electrons. The smallest absolute Gasteiger partial charge is 0.247 e. The van der Waals surface area contributed by atoms with E-state index in [0.717, 1.165) is 41.7 Å². The quantitative estimate of drug-likeness (QED) is 0.520. The first kappa shape index (κ1) is 23.1. The van der Waals surface area contributed by atoms with Crippen LogP contribution in [-0.2, 0) is 22.7 Å². The second kappa shape index (κ2) is 10.7. The molecule has 0 bridgehead atoms. The number of thiophene rings is 1. The van der Waals surface area contributed by atoms with E-state index in [1.165, 1.54) is 4.80 Å². The predicted molar refractivity (Wildman–Crippen MR) is 127 cm³/mol. The van der Waals surface area contributed by atoms with Crippen molar-refractivity contribution in [3.05, 3.63) is 52.2 Å². The van der Waals surface area contributed by atoms with Crippen LogP contribution in [0.2, 0.25) is 0 Å². The van der Waals surface area contributed by atoms with Crippen LogP contribution in [0.1, 0.15) is 49.5 Å². The minimum Gasteiger partial charge on any atom is -0.352 e. The number of benzene rings is 1. The van der Waals surface area contributed by atoms with Crippen molar-refractivity contribution in [1.29, 1.82) is 0 Å². The number of hydrogen-bond donors (Lipinski definition) is 1. The number of aryl methyl sites for hydroxylation is 1. The Morgan fingerprint density at radius 3 is 2.64 bits per heavy atom. The highest BCUT2D eigenvalue weighted by atomic mass is 32.1. The molecule has 1 unspecified atom stereocenters. The third kappa shape index (κ3) is 5.84.